The maximum absolute atomic E-state index is 11.5. The van der Waals surface area contributed by atoms with E-state index in [4.69, 9.17) is 26.8 Å². The first-order valence-corrected chi connectivity index (χ1v) is 14.3. The van der Waals surface area contributed by atoms with Crippen LogP contribution in [0.25, 0.3) is 11.6 Å². The molecule has 6 heterocycles. The summed E-state index contributed by atoms with van der Waals surface area (Å²) in [4.78, 5) is 47.4. The van der Waals surface area contributed by atoms with Gasteiger partial charge in [-0.3, -0.25) is 9.13 Å². The van der Waals surface area contributed by atoms with E-state index in [0.717, 1.165) is 43.8 Å². The molecule has 256 valence electrons. The first-order chi connectivity index (χ1) is 21.7. The Morgan fingerprint density at radius 1 is 0.851 bits per heavy atom. The van der Waals surface area contributed by atoms with Gasteiger partial charge in [-0.1, -0.05) is 0 Å². The van der Waals surface area contributed by atoms with Crippen LogP contribution in [0, 0.1) is 13.8 Å². The lowest BCUT2D eigenvalue weighted by molar-refractivity contribution is 0.0586. The summed E-state index contributed by atoms with van der Waals surface area (Å²) in [6.45, 7) is 6.77. The first-order valence-electron chi connectivity index (χ1n) is 13.9. The molecule has 2 atom stereocenters. The predicted molar refractivity (Wildman–Crippen MR) is 182 cm³/mol. The molecule has 2 saturated heterocycles. The number of methoxy groups -OCH3 is 2. The molecule has 0 saturated carbocycles. The molecule has 47 heavy (non-hydrogen) atoms. The number of rotatable bonds is 6. The minimum atomic E-state index is -0.499. The minimum Gasteiger partial charge on any atom is -0.464 e. The Kier molecular flexibility index (Phi) is 16.0. The van der Waals surface area contributed by atoms with Gasteiger partial charge in [-0.15, -0.1) is 0 Å². The molecule has 16 nitrogen and oxygen atoms in total. The average Bonchev–Trinajstić information content (AvgIpc) is 3.88. The Labute approximate surface area is 290 Å². The van der Waals surface area contributed by atoms with Crippen molar-refractivity contribution in [1.29, 1.82) is 0 Å². The molecule has 0 aromatic carbocycles. The number of nitrogens with two attached hydrogens (primary N) is 1. The number of nitrogens with zero attached hydrogens (tertiary/aromatic N) is 8. The summed E-state index contributed by atoms with van der Waals surface area (Å²) in [6, 6.07) is 0.550. The van der Waals surface area contributed by atoms with Crippen molar-refractivity contribution in [3.05, 3.63) is 65.2 Å². The van der Waals surface area contributed by atoms with Gasteiger partial charge in [0.25, 0.3) is 0 Å². The molecule has 0 aliphatic carbocycles. The van der Waals surface area contributed by atoms with Gasteiger partial charge in [0.2, 0.25) is 11.2 Å². The Morgan fingerprint density at radius 2 is 1.38 bits per heavy atom. The van der Waals surface area contributed by atoms with Crippen molar-refractivity contribution < 1.29 is 28.5 Å². The van der Waals surface area contributed by atoms with E-state index in [-0.39, 0.29) is 49.7 Å². The molecule has 2 aliphatic rings. The van der Waals surface area contributed by atoms with Crippen LogP contribution in [0.4, 0.5) is 5.95 Å². The van der Waals surface area contributed by atoms with E-state index in [2.05, 4.69) is 44.7 Å². The van der Waals surface area contributed by atoms with Crippen molar-refractivity contribution >= 4 is 56.5 Å². The summed E-state index contributed by atoms with van der Waals surface area (Å²) >= 11 is 5.72. The predicted octanol–water partition coefficient (Wildman–Crippen LogP) is 2.33. The van der Waals surface area contributed by atoms with Crippen LogP contribution in [0.3, 0.4) is 0 Å². The number of imidazole rings is 2. The van der Waals surface area contributed by atoms with Gasteiger partial charge in [-0.2, -0.15) is 37.0 Å². The van der Waals surface area contributed by atoms with Gasteiger partial charge in [0.15, 0.2) is 11.4 Å². The summed E-state index contributed by atoms with van der Waals surface area (Å²) in [5.41, 5.74) is 7.55. The summed E-state index contributed by atoms with van der Waals surface area (Å²) in [6.07, 6.45) is 11.4. The van der Waals surface area contributed by atoms with Gasteiger partial charge < -0.3 is 30.0 Å². The van der Waals surface area contributed by atoms with E-state index in [9.17, 15) is 9.59 Å². The minimum absolute atomic E-state index is 0. The first kappa shape index (κ1) is 39.4. The second-order valence-corrected chi connectivity index (χ2v) is 10.3. The van der Waals surface area contributed by atoms with Crippen LogP contribution in [-0.4, -0.2) is 104 Å². The number of aromatic nitrogens is 8. The summed E-state index contributed by atoms with van der Waals surface area (Å²) in [5.74, 6) is 0.796. The van der Waals surface area contributed by atoms with Gasteiger partial charge in [0.05, 0.1) is 33.5 Å². The molecule has 3 N–H and O–H groups in total. The lowest BCUT2D eigenvalue weighted by Crippen LogP contribution is -2.21. The van der Waals surface area contributed by atoms with Gasteiger partial charge in [-0.25, -0.2) is 29.5 Å². The summed E-state index contributed by atoms with van der Waals surface area (Å²) < 4.78 is 22.7. The number of aryl methyl sites for hydroxylation is 2. The molecule has 0 bridgehead atoms. The second-order valence-electron chi connectivity index (χ2n) is 9.99. The maximum atomic E-state index is 11.5. The highest BCUT2D eigenvalue weighted by atomic mass is 35.5. The highest BCUT2D eigenvalue weighted by Gasteiger charge is 2.18. The van der Waals surface area contributed by atoms with Crippen LogP contribution in [0.15, 0.2) is 37.4 Å². The number of hydrogen-bond donors (Lipinski definition) is 2. The van der Waals surface area contributed by atoms with E-state index in [1.54, 1.807) is 27.7 Å². The Hall–Kier alpha value is -3.81. The number of esters is 2. The SMILES string of the molecule is COC(=O)c1cn(-c2nc(Cl)ncc2C)cn1.COC(=O)c1cn(-c2nc(N[C@H]3CCOC3)ncc2C)cn1.N[C@H]1CCOC1.S.S. The molecule has 19 heteroatoms. The average molecular weight is 711 g/mol. The zero-order valence-corrected chi connectivity index (χ0v) is 29.1. The Bertz CT molecular complexity index is 1600. The number of ether oxygens (including phenoxy) is 4. The van der Waals surface area contributed by atoms with E-state index in [1.807, 2.05) is 13.8 Å². The van der Waals surface area contributed by atoms with Crippen LogP contribution < -0.4 is 11.1 Å². The topological polar surface area (TPSA) is 196 Å². The highest BCUT2D eigenvalue weighted by Crippen LogP contribution is 2.16. The molecule has 0 spiro atoms. The standard InChI is InChI=1S/C14H17N5O3.C10H9ClN4O2.C4H9NO.2H2S/c1-9-5-15-14(17-10-3-4-22-7-10)18-12(9)19-6-11(16-8-19)13(20)21-2;1-6-3-12-10(11)14-8(6)15-4-7(13-5-15)9(16)17-2;5-4-1-2-6-3-4;;/h5-6,8,10H,3-4,7H2,1-2H3,(H,15,17,18);3-5H,1-2H3;4H,1-3,5H2;2*1H2/t10-;;4-;;/m0.0../s1. The second kappa shape index (κ2) is 19.1. The normalized spacial score (nSPS) is 16.3. The van der Waals surface area contributed by atoms with Crippen LogP contribution in [-0.2, 0) is 18.9 Å². The van der Waals surface area contributed by atoms with Gasteiger partial charge in [-0.05, 0) is 38.3 Å². The molecule has 0 unspecified atom stereocenters. The van der Waals surface area contributed by atoms with E-state index in [1.165, 1.54) is 33.1 Å². The lowest BCUT2D eigenvalue weighted by Gasteiger charge is -2.12. The molecular weight excluding hydrogens is 672 g/mol. The third-order valence-corrected chi connectivity index (χ3v) is 6.71. The van der Waals surface area contributed by atoms with Crippen molar-refractivity contribution in [1.82, 2.24) is 39.0 Å². The molecule has 2 fully saturated rings. The molecular formula is C28H39ClN10O6S2. The van der Waals surface area contributed by atoms with E-state index < -0.39 is 11.9 Å². The molecule has 4 aromatic heterocycles. The third-order valence-electron chi connectivity index (χ3n) is 6.53. The van der Waals surface area contributed by atoms with Gasteiger partial charge >= 0.3 is 11.9 Å². The van der Waals surface area contributed by atoms with Crippen LogP contribution in [0.5, 0.6) is 0 Å². The lowest BCUT2D eigenvalue weighted by atomic mass is 10.3. The largest absolute Gasteiger partial charge is 0.464 e. The fraction of sp³-hybridized carbons (Fsp3) is 0.429. The zero-order valence-electron chi connectivity index (χ0n) is 26.3. The number of halogens is 1. The van der Waals surface area contributed by atoms with Crippen LogP contribution in [0.1, 0.15) is 44.9 Å². The molecule has 0 amide bonds. The molecule has 0 radical (unpaired) electrons. The monoisotopic (exact) mass is 710 g/mol. The van der Waals surface area contributed by atoms with Crippen LogP contribution >= 0.6 is 38.6 Å². The Morgan fingerprint density at radius 3 is 1.85 bits per heavy atom. The van der Waals surface area contributed by atoms with Crippen molar-refractivity contribution in [2.75, 3.05) is 46.0 Å². The summed E-state index contributed by atoms with van der Waals surface area (Å²) in [5, 5.41) is 3.38. The van der Waals surface area contributed by atoms with E-state index >= 15 is 0 Å². The molecule has 2 aliphatic heterocycles. The summed E-state index contributed by atoms with van der Waals surface area (Å²) in [7, 11) is 2.62. The Balaban J connectivity index is 0.000000273. The van der Waals surface area contributed by atoms with Crippen molar-refractivity contribution in [2.45, 2.75) is 38.8 Å². The fourth-order valence-electron chi connectivity index (χ4n) is 4.12. The third kappa shape index (κ3) is 11.1. The van der Waals surface area contributed by atoms with Gasteiger partial charge in [0.1, 0.15) is 24.3 Å². The zero-order chi connectivity index (χ0) is 32.3. The van der Waals surface area contributed by atoms with E-state index in [0.29, 0.717) is 30.2 Å². The molecule has 4 aromatic rings. The number of hydrogen-bond acceptors (Lipinski definition) is 14. The highest BCUT2D eigenvalue weighted by molar-refractivity contribution is 7.59. The number of carbonyl (C=O) groups is 2. The molecule has 6 rings (SSSR count). The van der Waals surface area contributed by atoms with Crippen LogP contribution in [0.2, 0.25) is 5.28 Å². The fourth-order valence-corrected chi connectivity index (χ4v) is 4.25. The number of nitrogens with one attached hydrogen (secondary N) is 1. The van der Waals surface area contributed by atoms with Crippen molar-refractivity contribution in [2.24, 2.45) is 5.73 Å². The number of anilines is 1. The number of carbonyl (C=O) groups excluding carboxylic acids is 2. The van der Waals surface area contributed by atoms with Gasteiger partial charge in [0, 0.05) is 55.2 Å². The smallest absolute Gasteiger partial charge is 0.358 e. The van der Waals surface area contributed by atoms with Crippen molar-refractivity contribution in [3.63, 3.8) is 0 Å². The quantitative estimate of drug-likeness (QED) is 0.218. The maximum Gasteiger partial charge on any atom is 0.358 e. The van der Waals surface area contributed by atoms with Crippen molar-refractivity contribution in [3.8, 4) is 11.6 Å².